The second-order valence-electron chi connectivity index (χ2n) is 5.73. The average molecular weight is 318 g/mol. The maximum absolute atomic E-state index is 12.4. The van der Waals surface area contributed by atoms with Crippen LogP contribution in [0.5, 0.6) is 0 Å². The molecule has 1 amide bonds. The molecular formula is C18H14N4O2. The Morgan fingerprint density at radius 3 is 2.67 bits per heavy atom. The van der Waals surface area contributed by atoms with Crippen molar-refractivity contribution in [3.8, 4) is 0 Å². The van der Waals surface area contributed by atoms with Gasteiger partial charge in [0, 0.05) is 23.0 Å². The highest BCUT2D eigenvalue weighted by Crippen LogP contribution is 2.37. The van der Waals surface area contributed by atoms with Crippen LogP contribution in [0.25, 0.3) is 22.7 Å². The van der Waals surface area contributed by atoms with Crippen LogP contribution < -0.4 is 5.32 Å². The van der Waals surface area contributed by atoms with Crippen LogP contribution in [0.4, 0.5) is 5.69 Å². The Hall–Kier alpha value is -3.28. The number of aryl methyl sites for hydroxylation is 2. The summed E-state index contributed by atoms with van der Waals surface area (Å²) in [6.45, 7) is 3.80. The maximum Gasteiger partial charge on any atom is 0.256 e. The minimum absolute atomic E-state index is 0.219. The number of benzene rings is 1. The molecule has 1 aliphatic rings. The van der Waals surface area contributed by atoms with Crippen LogP contribution in [0.2, 0.25) is 0 Å². The normalized spacial score (nSPS) is 14.9. The quantitative estimate of drug-likeness (QED) is 0.562. The first-order valence-corrected chi connectivity index (χ1v) is 7.52. The number of H-pyrrole nitrogens is 1. The van der Waals surface area contributed by atoms with Gasteiger partial charge in [0.1, 0.15) is 0 Å². The van der Waals surface area contributed by atoms with Gasteiger partial charge in [0.25, 0.3) is 5.91 Å². The molecule has 0 saturated heterocycles. The third-order valence-corrected chi connectivity index (χ3v) is 4.24. The topological polar surface area (TPSA) is 87.7 Å². The van der Waals surface area contributed by atoms with Crippen LogP contribution >= 0.6 is 0 Å². The molecule has 0 fully saturated rings. The first kappa shape index (κ1) is 14.3. The number of nitrogens with one attached hydrogen (secondary N) is 2. The van der Waals surface area contributed by atoms with Crippen molar-refractivity contribution in [1.29, 1.82) is 0 Å². The second-order valence-corrected chi connectivity index (χ2v) is 5.73. The van der Waals surface area contributed by atoms with Crippen molar-refractivity contribution in [1.82, 2.24) is 15.0 Å². The fourth-order valence-corrected chi connectivity index (χ4v) is 2.88. The van der Waals surface area contributed by atoms with E-state index < -0.39 is 0 Å². The predicted octanol–water partition coefficient (Wildman–Crippen LogP) is 2.88. The number of aromatic nitrogens is 3. The van der Waals surface area contributed by atoms with E-state index in [4.69, 9.17) is 0 Å². The number of nitrogens with zero attached hydrogens (tertiary/aromatic N) is 2. The molecule has 0 atom stereocenters. The highest BCUT2D eigenvalue weighted by molar-refractivity contribution is 6.37. The van der Waals surface area contributed by atoms with Gasteiger partial charge in [-0.05, 0) is 38.1 Å². The largest absolute Gasteiger partial charge is 0.361 e. The number of hydrogen-bond donors (Lipinski definition) is 2. The van der Waals surface area contributed by atoms with Gasteiger partial charge in [0.15, 0.2) is 6.29 Å². The van der Waals surface area contributed by atoms with E-state index in [0.717, 1.165) is 28.8 Å². The SMILES string of the molecule is Cc1nc2ccc3c(c2nc1C)/C(=C/c1[nH]ccc1C=O)C(=O)N3. The molecule has 3 aromatic rings. The number of rotatable bonds is 2. The lowest BCUT2D eigenvalue weighted by molar-refractivity contribution is -0.110. The summed E-state index contributed by atoms with van der Waals surface area (Å²) in [6, 6.07) is 5.35. The van der Waals surface area contributed by atoms with Gasteiger partial charge in [-0.15, -0.1) is 0 Å². The number of aromatic amines is 1. The van der Waals surface area contributed by atoms with Crippen molar-refractivity contribution >= 4 is 40.6 Å². The van der Waals surface area contributed by atoms with E-state index in [-0.39, 0.29) is 5.91 Å². The summed E-state index contributed by atoms with van der Waals surface area (Å²) < 4.78 is 0. The zero-order valence-corrected chi connectivity index (χ0v) is 13.2. The highest BCUT2D eigenvalue weighted by Gasteiger charge is 2.28. The van der Waals surface area contributed by atoms with Gasteiger partial charge in [-0.25, -0.2) is 9.97 Å². The number of amides is 1. The number of carbonyl (C=O) groups excluding carboxylic acids is 2. The summed E-state index contributed by atoms with van der Waals surface area (Å²) in [5.74, 6) is -0.219. The Labute approximate surface area is 137 Å². The fourth-order valence-electron chi connectivity index (χ4n) is 2.88. The number of aldehydes is 1. The lowest BCUT2D eigenvalue weighted by Gasteiger charge is -2.07. The summed E-state index contributed by atoms with van der Waals surface area (Å²) in [4.78, 5) is 35.7. The Balaban J connectivity index is 2.00. The summed E-state index contributed by atoms with van der Waals surface area (Å²) in [5.41, 5.74) is 6.09. The smallest absolute Gasteiger partial charge is 0.256 e. The molecule has 24 heavy (non-hydrogen) atoms. The molecule has 2 aromatic heterocycles. The van der Waals surface area contributed by atoms with Gasteiger partial charge in [0.2, 0.25) is 0 Å². The molecule has 0 unspecified atom stereocenters. The minimum Gasteiger partial charge on any atom is -0.361 e. The lowest BCUT2D eigenvalue weighted by Crippen LogP contribution is -2.03. The van der Waals surface area contributed by atoms with Crippen LogP contribution in [0.3, 0.4) is 0 Å². The molecule has 0 spiro atoms. The molecule has 3 heterocycles. The Kier molecular flexibility index (Phi) is 3.06. The van der Waals surface area contributed by atoms with E-state index in [1.165, 1.54) is 0 Å². The van der Waals surface area contributed by atoms with E-state index in [0.29, 0.717) is 28.0 Å². The molecule has 0 aliphatic carbocycles. The minimum atomic E-state index is -0.219. The third kappa shape index (κ3) is 2.04. The molecule has 2 N–H and O–H groups in total. The summed E-state index contributed by atoms with van der Waals surface area (Å²) >= 11 is 0. The van der Waals surface area contributed by atoms with Crippen molar-refractivity contribution < 1.29 is 9.59 Å². The molecule has 118 valence electrons. The molecule has 0 bridgehead atoms. The van der Waals surface area contributed by atoms with Crippen LogP contribution in [0, 0.1) is 13.8 Å². The zero-order valence-electron chi connectivity index (χ0n) is 13.2. The first-order valence-electron chi connectivity index (χ1n) is 7.52. The van der Waals surface area contributed by atoms with Crippen LogP contribution in [-0.4, -0.2) is 27.1 Å². The van der Waals surface area contributed by atoms with Crippen molar-refractivity contribution in [2.75, 3.05) is 5.32 Å². The summed E-state index contributed by atoms with van der Waals surface area (Å²) in [6.07, 6.45) is 4.11. The van der Waals surface area contributed by atoms with Gasteiger partial charge in [0.05, 0.1) is 33.7 Å². The Morgan fingerprint density at radius 2 is 1.88 bits per heavy atom. The molecule has 4 rings (SSSR count). The molecule has 0 saturated carbocycles. The monoisotopic (exact) mass is 318 g/mol. The number of hydrogen-bond acceptors (Lipinski definition) is 4. The van der Waals surface area contributed by atoms with Gasteiger partial charge in [-0.3, -0.25) is 9.59 Å². The average Bonchev–Trinajstić information content (AvgIpc) is 3.14. The van der Waals surface area contributed by atoms with E-state index in [9.17, 15) is 9.59 Å². The first-order chi connectivity index (χ1) is 11.6. The van der Waals surface area contributed by atoms with E-state index in [2.05, 4.69) is 20.3 Å². The Bertz CT molecular complexity index is 1050. The molecule has 1 aliphatic heterocycles. The van der Waals surface area contributed by atoms with Crippen LogP contribution in [0.15, 0.2) is 24.4 Å². The fraction of sp³-hybridized carbons (Fsp3) is 0.111. The van der Waals surface area contributed by atoms with Crippen molar-refractivity contribution in [2.45, 2.75) is 13.8 Å². The standard InChI is InChI=1S/C18H14N4O2/c1-9-10(2)21-17-14(20-9)4-3-13-16(17)12(18(24)22-13)7-15-11(8-23)5-6-19-15/h3-8,19H,1-2H3,(H,22,24)/b12-7-. The van der Waals surface area contributed by atoms with Crippen molar-refractivity contribution in [2.24, 2.45) is 0 Å². The summed E-state index contributed by atoms with van der Waals surface area (Å²) in [7, 11) is 0. The molecule has 6 nitrogen and oxygen atoms in total. The van der Waals surface area contributed by atoms with Gasteiger partial charge in [-0.1, -0.05) is 0 Å². The maximum atomic E-state index is 12.4. The van der Waals surface area contributed by atoms with Gasteiger partial charge < -0.3 is 10.3 Å². The van der Waals surface area contributed by atoms with Gasteiger partial charge in [-0.2, -0.15) is 0 Å². The van der Waals surface area contributed by atoms with E-state index in [1.54, 1.807) is 18.3 Å². The molecule has 1 aromatic carbocycles. The highest BCUT2D eigenvalue weighted by atomic mass is 16.2. The lowest BCUT2D eigenvalue weighted by atomic mass is 10.0. The third-order valence-electron chi connectivity index (χ3n) is 4.24. The van der Waals surface area contributed by atoms with Crippen LogP contribution in [-0.2, 0) is 4.79 Å². The van der Waals surface area contributed by atoms with Crippen molar-refractivity contribution in [3.05, 3.63) is 52.6 Å². The van der Waals surface area contributed by atoms with Crippen molar-refractivity contribution in [3.63, 3.8) is 0 Å². The van der Waals surface area contributed by atoms with Gasteiger partial charge >= 0.3 is 0 Å². The summed E-state index contributed by atoms with van der Waals surface area (Å²) in [5, 5.41) is 2.85. The predicted molar refractivity (Wildman–Crippen MR) is 91.7 cm³/mol. The number of anilines is 1. The zero-order chi connectivity index (χ0) is 16.8. The van der Waals surface area contributed by atoms with E-state index >= 15 is 0 Å². The molecule has 6 heteroatoms. The second kappa shape index (κ2) is 5.13. The number of fused-ring (bicyclic) bond motifs is 3. The Morgan fingerprint density at radius 1 is 1.08 bits per heavy atom. The molecule has 0 radical (unpaired) electrons. The van der Waals surface area contributed by atoms with E-state index in [1.807, 2.05) is 26.0 Å². The van der Waals surface area contributed by atoms with Crippen LogP contribution in [0.1, 0.15) is 33.0 Å². The number of carbonyl (C=O) groups is 2. The molecular weight excluding hydrogens is 304 g/mol.